The summed E-state index contributed by atoms with van der Waals surface area (Å²) in [6, 6.07) is 13.9. The first-order chi connectivity index (χ1) is 15.6. The number of aromatic amines is 1. The smallest absolute Gasteiger partial charge is 0.270 e. The van der Waals surface area contributed by atoms with Gasteiger partial charge in [-0.05, 0) is 54.8 Å². The van der Waals surface area contributed by atoms with E-state index in [0.717, 1.165) is 40.8 Å². The predicted molar refractivity (Wildman–Crippen MR) is 118 cm³/mol. The summed E-state index contributed by atoms with van der Waals surface area (Å²) in [5.74, 6) is 1.92. The summed E-state index contributed by atoms with van der Waals surface area (Å²) in [7, 11) is 1.63. The highest BCUT2D eigenvalue weighted by atomic mass is 19.1. The largest absolute Gasteiger partial charge is 0.497 e. The molecule has 0 unspecified atom stereocenters. The molecule has 1 atom stereocenters. The highest BCUT2D eigenvalue weighted by Gasteiger charge is 2.29. The molecule has 2 aromatic heterocycles. The Hall–Kier alpha value is -3.61. The van der Waals surface area contributed by atoms with Crippen LogP contribution in [0, 0.1) is 5.82 Å². The van der Waals surface area contributed by atoms with Crippen LogP contribution in [0.1, 0.15) is 46.5 Å². The molecule has 0 spiro atoms. The number of benzene rings is 2. The maximum atomic E-state index is 13.2. The van der Waals surface area contributed by atoms with E-state index in [1.54, 1.807) is 25.4 Å². The molecule has 6 nitrogen and oxygen atoms in total. The fraction of sp³-hybridized carbons (Fsp3) is 0.280. The van der Waals surface area contributed by atoms with E-state index in [0.29, 0.717) is 31.1 Å². The molecule has 1 N–H and O–H groups in total. The van der Waals surface area contributed by atoms with E-state index >= 15 is 0 Å². The Morgan fingerprint density at radius 1 is 1.25 bits per heavy atom. The first-order valence-electron chi connectivity index (χ1n) is 10.7. The lowest BCUT2D eigenvalue weighted by atomic mass is 9.97. The van der Waals surface area contributed by atoms with Gasteiger partial charge in [-0.25, -0.2) is 9.37 Å². The molecule has 0 bridgehead atoms. The SMILES string of the molecule is COc1ccc2[nH]c(C(=O)N3CCC[C@H](c4ncc(Cc5ccc(F)cc5)o4)C3)cc2c1. The lowest BCUT2D eigenvalue weighted by molar-refractivity contribution is 0.0693. The van der Waals surface area contributed by atoms with Crippen molar-refractivity contribution < 1.29 is 18.3 Å². The molecular weight excluding hydrogens is 409 g/mol. The maximum absolute atomic E-state index is 13.2. The maximum Gasteiger partial charge on any atom is 0.270 e. The first-order valence-corrected chi connectivity index (χ1v) is 10.7. The second-order valence-electron chi connectivity index (χ2n) is 8.19. The van der Waals surface area contributed by atoms with Crippen LogP contribution in [-0.4, -0.2) is 41.0 Å². The van der Waals surface area contributed by atoms with Crippen LogP contribution in [0.25, 0.3) is 10.9 Å². The van der Waals surface area contributed by atoms with Gasteiger partial charge in [0, 0.05) is 30.4 Å². The van der Waals surface area contributed by atoms with E-state index in [1.165, 1.54) is 12.1 Å². The van der Waals surface area contributed by atoms with Gasteiger partial charge in [0.05, 0.1) is 19.2 Å². The number of nitrogens with one attached hydrogen (secondary N) is 1. The number of piperidine rings is 1. The van der Waals surface area contributed by atoms with Crippen LogP contribution >= 0.6 is 0 Å². The highest BCUT2D eigenvalue weighted by molar-refractivity contribution is 5.98. The number of fused-ring (bicyclic) bond motifs is 1. The van der Waals surface area contributed by atoms with E-state index in [4.69, 9.17) is 9.15 Å². The van der Waals surface area contributed by atoms with Crippen molar-refractivity contribution >= 4 is 16.8 Å². The number of likely N-dealkylation sites (tertiary alicyclic amines) is 1. The average molecular weight is 433 g/mol. The van der Waals surface area contributed by atoms with Crippen molar-refractivity contribution in [3.05, 3.63) is 83.5 Å². The van der Waals surface area contributed by atoms with E-state index in [2.05, 4.69) is 9.97 Å². The zero-order valence-electron chi connectivity index (χ0n) is 17.8. The van der Waals surface area contributed by atoms with E-state index in [-0.39, 0.29) is 17.6 Å². The number of H-pyrrole nitrogens is 1. The van der Waals surface area contributed by atoms with Crippen molar-refractivity contribution in [2.24, 2.45) is 0 Å². The number of aromatic nitrogens is 2. The summed E-state index contributed by atoms with van der Waals surface area (Å²) >= 11 is 0. The zero-order chi connectivity index (χ0) is 22.1. The summed E-state index contributed by atoms with van der Waals surface area (Å²) in [6.07, 6.45) is 4.09. The van der Waals surface area contributed by atoms with Gasteiger partial charge in [0.2, 0.25) is 0 Å². The number of oxazole rings is 1. The molecule has 5 rings (SSSR count). The normalized spacial score (nSPS) is 16.4. The lowest BCUT2D eigenvalue weighted by Gasteiger charge is -2.31. The highest BCUT2D eigenvalue weighted by Crippen LogP contribution is 2.29. The number of ether oxygens (including phenoxy) is 1. The van der Waals surface area contributed by atoms with Gasteiger partial charge in [-0.15, -0.1) is 0 Å². The molecule has 1 aliphatic heterocycles. The third-order valence-electron chi connectivity index (χ3n) is 5.98. The van der Waals surface area contributed by atoms with E-state index < -0.39 is 0 Å². The Morgan fingerprint density at radius 3 is 2.91 bits per heavy atom. The molecule has 32 heavy (non-hydrogen) atoms. The van der Waals surface area contributed by atoms with E-state index in [1.807, 2.05) is 29.2 Å². The van der Waals surface area contributed by atoms with Crippen LogP contribution < -0.4 is 4.74 Å². The second-order valence-corrected chi connectivity index (χ2v) is 8.19. The molecule has 7 heteroatoms. The van der Waals surface area contributed by atoms with Gasteiger partial charge < -0.3 is 19.0 Å². The molecule has 3 heterocycles. The van der Waals surface area contributed by atoms with Gasteiger partial charge in [0.25, 0.3) is 5.91 Å². The minimum absolute atomic E-state index is 0.0250. The molecule has 1 saturated heterocycles. The number of hydrogen-bond acceptors (Lipinski definition) is 4. The Kier molecular flexibility index (Phi) is 5.39. The monoisotopic (exact) mass is 433 g/mol. The Bertz CT molecular complexity index is 1250. The van der Waals surface area contributed by atoms with Crippen molar-refractivity contribution in [3.63, 3.8) is 0 Å². The Morgan fingerprint density at radius 2 is 2.09 bits per heavy atom. The Balaban J connectivity index is 1.28. The van der Waals surface area contributed by atoms with E-state index in [9.17, 15) is 9.18 Å². The number of methoxy groups -OCH3 is 1. The van der Waals surface area contributed by atoms with Crippen molar-refractivity contribution in [1.29, 1.82) is 0 Å². The molecular formula is C25H24FN3O3. The van der Waals surface area contributed by atoms with Gasteiger partial charge >= 0.3 is 0 Å². The number of carbonyl (C=O) groups excluding carboxylic acids is 1. The van der Waals surface area contributed by atoms with Crippen molar-refractivity contribution in [1.82, 2.24) is 14.9 Å². The summed E-state index contributed by atoms with van der Waals surface area (Å²) in [5.41, 5.74) is 2.43. The standard InChI is InChI=1S/C25H24FN3O3/c1-31-20-8-9-22-18(12-20)13-23(28-22)25(30)29-10-2-3-17(15-29)24-27-14-21(32-24)11-16-4-6-19(26)7-5-16/h4-9,12-14,17,28H,2-3,10-11,15H2,1H3/t17-/m0/s1. The third-order valence-corrected chi connectivity index (χ3v) is 5.98. The van der Waals surface area contributed by atoms with Gasteiger partial charge in [-0.3, -0.25) is 4.79 Å². The summed E-state index contributed by atoms with van der Waals surface area (Å²) in [4.78, 5) is 22.7. The molecule has 0 aliphatic carbocycles. The lowest BCUT2D eigenvalue weighted by Crippen LogP contribution is -2.39. The topological polar surface area (TPSA) is 71.4 Å². The number of carbonyl (C=O) groups is 1. The first kappa shape index (κ1) is 20.3. The average Bonchev–Trinajstić information content (AvgIpc) is 3.46. The van der Waals surface area contributed by atoms with Gasteiger partial charge in [-0.1, -0.05) is 12.1 Å². The van der Waals surface area contributed by atoms with Crippen LogP contribution in [0.2, 0.25) is 0 Å². The molecule has 1 fully saturated rings. The minimum atomic E-state index is -0.256. The zero-order valence-corrected chi connectivity index (χ0v) is 17.8. The molecule has 0 saturated carbocycles. The van der Waals surface area contributed by atoms with Crippen molar-refractivity contribution in [2.45, 2.75) is 25.2 Å². The predicted octanol–water partition coefficient (Wildman–Crippen LogP) is 4.91. The van der Waals surface area contributed by atoms with Crippen LogP contribution in [0.15, 0.2) is 59.1 Å². The molecule has 1 aliphatic rings. The number of rotatable bonds is 5. The quantitative estimate of drug-likeness (QED) is 0.485. The third kappa shape index (κ3) is 4.10. The molecule has 1 amide bonds. The van der Waals surface area contributed by atoms with Gasteiger partial charge in [0.15, 0.2) is 5.89 Å². The number of hydrogen-bond donors (Lipinski definition) is 1. The van der Waals surface area contributed by atoms with Crippen LogP contribution in [0.4, 0.5) is 4.39 Å². The molecule has 2 aromatic carbocycles. The van der Waals surface area contributed by atoms with Crippen molar-refractivity contribution in [3.8, 4) is 5.75 Å². The van der Waals surface area contributed by atoms with Crippen molar-refractivity contribution in [2.75, 3.05) is 20.2 Å². The minimum Gasteiger partial charge on any atom is -0.497 e. The summed E-state index contributed by atoms with van der Waals surface area (Å²) in [6.45, 7) is 1.27. The number of halogens is 1. The number of amides is 1. The second kappa shape index (κ2) is 8.49. The fourth-order valence-corrected chi connectivity index (χ4v) is 4.28. The van der Waals surface area contributed by atoms with Crippen LogP contribution in [0.5, 0.6) is 5.75 Å². The summed E-state index contributed by atoms with van der Waals surface area (Å²) < 4.78 is 24.4. The van der Waals surface area contributed by atoms with Gasteiger partial charge in [0.1, 0.15) is 23.0 Å². The Labute approximate surface area is 185 Å². The number of nitrogens with zero attached hydrogens (tertiary/aromatic N) is 2. The molecule has 4 aromatic rings. The summed E-state index contributed by atoms with van der Waals surface area (Å²) in [5, 5.41) is 0.944. The van der Waals surface area contributed by atoms with Crippen LogP contribution in [-0.2, 0) is 6.42 Å². The van der Waals surface area contributed by atoms with Gasteiger partial charge in [-0.2, -0.15) is 0 Å². The van der Waals surface area contributed by atoms with Crippen LogP contribution in [0.3, 0.4) is 0 Å². The molecule has 164 valence electrons. The fourth-order valence-electron chi connectivity index (χ4n) is 4.28. The molecule has 0 radical (unpaired) electrons.